The second-order valence-corrected chi connectivity index (χ2v) is 7.06. The van der Waals surface area contributed by atoms with Crippen LogP contribution in [0.3, 0.4) is 0 Å². The molecule has 0 radical (unpaired) electrons. The lowest BCUT2D eigenvalue weighted by Gasteiger charge is -2.26. The van der Waals surface area contributed by atoms with E-state index in [4.69, 9.17) is 16.3 Å². The highest BCUT2D eigenvalue weighted by Gasteiger charge is 2.36. The number of likely N-dealkylation sites (tertiary alicyclic amines) is 1. The lowest BCUT2D eigenvalue weighted by atomic mass is 10.2. The van der Waals surface area contributed by atoms with Crippen molar-refractivity contribution < 1.29 is 14.3 Å². The Kier molecular flexibility index (Phi) is 5.55. The van der Waals surface area contributed by atoms with E-state index in [0.29, 0.717) is 28.9 Å². The first-order chi connectivity index (χ1) is 12.0. The van der Waals surface area contributed by atoms with Gasteiger partial charge in [-0.25, -0.2) is 4.98 Å². The van der Waals surface area contributed by atoms with Crippen LogP contribution in [0, 0.1) is 0 Å². The summed E-state index contributed by atoms with van der Waals surface area (Å²) in [5.41, 5.74) is 0. The Balaban J connectivity index is 1.64. The molecule has 6 nitrogen and oxygen atoms in total. The summed E-state index contributed by atoms with van der Waals surface area (Å²) in [5, 5.41) is 5.62. The molecule has 2 heterocycles. The van der Waals surface area contributed by atoms with Gasteiger partial charge < -0.3 is 15.0 Å². The molecule has 8 heteroatoms. The van der Waals surface area contributed by atoms with E-state index in [1.165, 1.54) is 11.3 Å². The van der Waals surface area contributed by atoms with Gasteiger partial charge in [-0.05, 0) is 38.0 Å². The summed E-state index contributed by atoms with van der Waals surface area (Å²) in [6, 6.07) is 6.39. The molecule has 0 bridgehead atoms. The molecule has 2 unspecified atom stereocenters. The zero-order valence-corrected chi connectivity index (χ0v) is 15.2. The molecule has 25 heavy (non-hydrogen) atoms. The van der Waals surface area contributed by atoms with Crippen molar-refractivity contribution in [3.05, 3.63) is 40.9 Å². The van der Waals surface area contributed by atoms with Crippen LogP contribution in [0.2, 0.25) is 5.02 Å². The molecule has 2 atom stereocenters. The van der Waals surface area contributed by atoms with Gasteiger partial charge in [0.2, 0.25) is 5.91 Å². The van der Waals surface area contributed by atoms with Crippen molar-refractivity contribution in [1.82, 2.24) is 9.88 Å². The number of anilines is 1. The summed E-state index contributed by atoms with van der Waals surface area (Å²) in [5.74, 6) is 0.101. The Morgan fingerprint density at radius 1 is 1.48 bits per heavy atom. The smallest absolute Gasteiger partial charge is 0.264 e. The fourth-order valence-electron chi connectivity index (χ4n) is 2.81. The second-order valence-electron chi connectivity index (χ2n) is 5.73. The molecule has 1 aliphatic rings. The number of nitrogens with zero attached hydrogens (tertiary/aromatic N) is 2. The molecule has 2 amide bonds. The normalized spacial score (nSPS) is 18.0. The third kappa shape index (κ3) is 4.29. The van der Waals surface area contributed by atoms with Crippen molar-refractivity contribution >= 4 is 39.9 Å². The number of hydrogen-bond donors (Lipinski definition) is 1. The van der Waals surface area contributed by atoms with Gasteiger partial charge in [-0.1, -0.05) is 17.7 Å². The van der Waals surface area contributed by atoms with Crippen LogP contribution in [0.1, 0.15) is 19.8 Å². The quantitative estimate of drug-likeness (QED) is 0.865. The highest BCUT2D eigenvalue weighted by atomic mass is 35.5. The largest absolute Gasteiger partial charge is 0.481 e. The Morgan fingerprint density at radius 2 is 2.32 bits per heavy atom. The number of halogens is 1. The number of rotatable bonds is 5. The van der Waals surface area contributed by atoms with E-state index < -0.39 is 12.1 Å². The summed E-state index contributed by atoms with van der Waals surface area (Å²) in [6.45, 7) is 2.22. The van der Waals surface area contributed by atoms with E-state index in [0.717, 1.165) is 6.42 Å². The Hall–Kier alpha value is -2.12. The first kappa shape index (κ1) is 17.7. The van der Waals surface area contributed by atoms with Gasteiger partial charge in [0.1, 0.15) is 11.8 Å². The highest BCUT2D eigenvalue weighted by molar-refractivity contribution is 7.13. The van der Waals surface area contributed by atoms with Gasteiger partial charge in [0, 0.05) is 23.1 Å². The Bertz CT molecular complexity index is 753. The predicted octanol–water partition coefficient (Wildman–Crippen LogP) is 3.19. The van der Waals surface area contributed by atoms with Crippen molar-refractivity contribution in [1.29, 1.82) is 0 Å². The van der Waals surface area contributed by atoms with E-state index >= 15 is 0 Å². The molecule has 1 fully saturated rings. The summed E-state index contributed by atoms with van der Waals surface area (Å²) < 4.78 is 5.69. The maximum atomic E-state index is 12.7. The molecule has 1 aliphatic heterocycles. The van der Waals surface area contributed by atoms with Gasteiger partial charge in [0.15, 0.2) is 11.2 Å². The van der Waals surface area contributed by atoms with Gasteiger partial charge >= 0.3 is 0 Å². The van der Waals surface area contributed by atoms with E-state index in [1.54, 1.807) is 47.7 Å². The van der Waals surface area contributed by atoms with Crippen LogP contribution in [-0.2, 0) is 9.59 Å². The number of aromatic nitrogens is 1. The monoisotopic (exact) mass is 379 g/mol. The van der Waals surface area contributed by atoms with Crippen LogP contribution in [0.4, 0.5) is 5.13 Å². The molecule has 0 spiro atoms. The van der Waals surface area contributed by atoms with Crippen LogP contribution < -0.4 is 10.1 Å². The molecular weight excluding hydrogens is 362 g/mol. The van der Waals surface area contributed by atoms with E-state index in [2.05, 4.69) is 10.3 Å². The number of hydrogen-bond acceptors (Lipinski definition) is 5. The van der Waals surface area contributed by atoms with Gasteiger partial charge in [0.25, 0.3) is 5.91 Å². The number of thiazole rings is 1. The summed E-state index contributed by atoms with van der Waals surface area (Å²) in [6.07, 6.45) is 2.34. The molecule has 0 saturated carbocycles. The molecule has 132 valence electrons. The molecule has 2 aromatic rings. The molecular formula is C17H18ClN3O3S. The molecule has 3 rings (SSSR count). The lowest BCUT2D eigenvalue weighted by molar-refractivity contribution is -0.142. The molecule has 1 saturated heterocycles. The third-order valence-electron chi connectivity index (χ3n) is 3.96. The summed E-state index contributed by atoms with van der Waals surface area (Å²) in [7, 11) is 0. The Morgan fingerprint density at radius 3 is 3.04 bits per heavy atom. The van der Waals surface area contributed by atoms with Crippen molar-refractivity contribution in [2.75, 3.05) is 11.9 Å². The van der Waals surface area contributed by atoms with E-state index in [1.807, 2.05) is 0 Å². The van der Waals surface area contributed by atoms with Gasteiger partial charge in [0.05, 0.1) is 0 Å². The minimum atomic E-state index is -0.702. The average molecular weight is 380 g/mol. The first-order valence-corrected chi connectivity index (χ1v) is 9.23. The van der Waals surface area contributed by atoms with Crippen molar-refractivity contribution in [3.63, 3.8) is 0 Å². The number of nitrogens with one attached hydrogen (secondary N) is 1. The topological polar surface area (TPSA) is 71.5 Å². The molecule has 1 aromatic heterocycles. The zero-order chi connectivity index (χ0) is 17.8. The van der Waals surface area contributed by atoms with Crippen LogP contribution in [0.15, 0.2) is 35.8 Å². The van der Waals surface area contributed by atoms with Crippen LogP contribution in [0.25, 0.3) is 0 Å². The Labute approximate surface area is 154 Å². The maximum Gasteiger partial charge on any atom is 0.264 e. The van der Waals surface area contributed by atoms with Crippen LogP contribution in [0.5, 0.6) is 5.75 Å². The minimum absolute atomic E-state index is 0.211. The molecule has 1 N–H and O–H groups in total. The van der Waals surface area contributed by atoms with Crippen LogP contribution >= 0.6 is 22.9 Å². The maximum absolute atomic E-state index is 12.7. The number of carbonyl (C=O) groups is 2. The summed E-state index contributed by atoms with van der Waals surface area (Å²) >= 11 is 7.28. The second kappa shape index (κ2) is 7.84. The SMILES string of the molecule is CC(Oc1cccc(Cl)c1)C(=O)N1CCCC1C(=O)Nc1nccs1. The van der Waals surface area contributed by atoms with Crippen molar-refractivity contribution in [2.24, 2.45) is 0 Å². The highest BCUT2D eigenvalue weighted by Crippen LogP contribution is 2.23. The number of carbonyl (C=O) groups excluding carboxylic acids is 2. The first-order valence-electron chi connectivity index (χ1n) is 7.97. The number of ether oxygens (including phenoxy) is 1. The van der Waals surface area contributed by atoms with E-state index in [-0.39, 0.29) is 11.8 Å². The van der Waals surface area contributed by atoms with Crippen molar-refractivity contribution in [2.45, 2.75) is 31.9 Å². The van der Waals surface area contributed by atoms with E-state index in [9.17, 15) is 9.59 Å². The van der Waals surface area contributed by atoms with Gasteiger partial charge in [-0.2, -0.15) is 0 Å². The zero-order valence-electron chi connectivity index (χ0n) is 13.6. The molecule has 0 aliphatic carbocycles. The third-order valence-corrected chi connectivity index (χ3v) is 4.88. The van der Waals surface area contributed by atoms with Gasteiger partial charge in [-0.3, -0.25) is 9.59 Å². The lowest BCUT2D eigenvalue weighted by Crippen LogP contribution is -2.47. The van der Waals surface area contributed by atoms with Crippen molar-refractivity contribution in [3.8, 4) is 5.75 Å². The predicted molar refractivity (Wildman–Crippen MR) is 97.0 cm³/mol. The average Bonchev–Trinajstić information content (AvgIpc) is 3.25. The molecule has 1 aromatic carbocycles. The minimum Gasteiger partial charge on any atom is -0.481 e. The van der Waals surface area contributed by atoms with Crippen LogP contribution in [-0.4, -0.2) is 40.4 Å². The standard InChI is InChI=1S/C17H18ClN3O3S/c1-11(24-13-5-2-4-12(18)10-13)16(23)21-8-3-6-14(21)15(22)20-17-19-7-9-25-17/h2,4-5,7,9-11,14H,3,6,8H2,1H3,(H,19,20,22). The number of amides is 2. The fraction of sp³-hybridized carbons (Fsp3) is 0.353. The summed E-state index contributed by atoms with van der Waals surface area (Å²) in [4.78, 5) is 30.8. The van der Waals surface area contributed by atoms with Gasteiger partial charge in [-0.15, -0.1) is 11.3 Å². The fourth-order valence-corrected chi connectivity index (χ4v) is 3.52. The number of benzene rings is 1.